The van der Waals surface area contributed by atoms with Crippen molar-refractivity contribution in [3.8, 4) is 0 Å². The van der Waals surface area contributed by atoms with Gasteiger partial charge in [0, 0.05) is 12.1 Å². The van der Waals surface area contributed by atoms with Gasteiger partial charge >= 0.3 is 0 Å². The van der Waals surface area contributed by atoms with Crippen LogP contribution in [0.15, 0.2) is 24.3 Å². The van der Waals surface area contributed by atoms with Crippen molar-refractivity contribution in [1.29, 1.82) is 0 Å². The third-order valence-corrected chi connectivity index (χ3v) is 3.13. The van der Waals surface area contributed by atoms with Gasteiger partial charge in [0.2, 0.25) is 11.8 Å². The largest absolute Gasteiger partial charge is 0.399 e. The molecule has 0 heterocycles. The lowest BCUT2D eigenvalue weighted by atomic mass is 9.86. The van der Waals surface area contributed by atoms with E-state index < -0.39 is 17.4 Å². The first-order valence-electron chi connectivity index (χ1n) is 6.64. The number of benzene rings is 1. The molecule has 0 aromatic heterocycles. The summed E-state index contributed by atoms with van der Waals surface area (Å²) in [5.41, 5.74) is 12.3. The molecule has 6 heteroatoms. The Morgan fingerprint density at radius 1 is 1.24 bits per heavy atom. The van der Waals surface area contributed by atoms with E-state index in [4.69, 9.17) is 11.5 Å². The lowest BCUT2D eigenvalue weighted by molar-refractivity contribution is -0.129. The maximum atomic E-state index is 11.9. The van der Waals surface area contributed by atoms with Crippen LogP contribution in [0.4, 0.5) is 5.69 Å². The van der Waals surface area contributed by atoms with Crippen LogP contribution in [-0.4, -0.2) is 17.9 Å². The predicted molar refractivity (Wildman–Crippen MR) is 87.0 cm³/mol. The maximum absolute atomic E-state index is 11.9. The standard InChI is InChI=1S/C15H23N3O2.ClH/c1-15(2,3)13(14(17)20)18-12(19)9-8-10-6-4-5-7-11(10)16;/h4-7,13H,8-9,16H2,1-3H3,(H2,17,20)(H,18,19);1H. The van der Waals surface area contributed by atoms with Crippen molar-refractivity contribution < 1.29 is 9.59 Å². The molecule has 1 atom stereocenters. The molecule has 0 saturated carbocycles. The number of amides is 2. The molecule has 1 unspecified atom stereocenters. The first kappa shape index (κ1) is 19.2. The Bertz CT molecular complexity index is 498. The third kappa shape index (κ3) is 6.04. The van der Waals surface area contributed by atoms with E-state index in [-0.39, 0.29) is 24.7 Å². The molecule has 0 spiro atoms. The van der Waals surface area contributed by atoms with Gasteiger partial charge in [0.25, 0.3) is 0 Å². The van der Waals surface area contributed by atoms with Crippen molar-refractivity contribution in [1.82, 2.24) is 5.32 Å². The average Bonchev–Trinajstić information content (AvgIpc) is 2.33. The highest BCUT2D eigenvalue weighted by molar-refractivity contribution is 5.87. The van der Waals surface area contributed by atoms with Crippen LogP contribution in [0.25, 0.3) is 0 Å². The number of halogens is 1. The van der Waals surface area contributed by atoms with Crippen LogP contribution in [0.2, 0.25) is 0 Å². The molecule has 5 nitrogen and oxygen atoms in total. The molecule has 0 aliphatic heterocycles. The number of aryl methyl sites for hydroxylation is 1. The summed E-state index contributed by atoms with van der Waals surface area (Å²) in [6, 6.07) is 6.74. The zero-order valence-corrected chi connectivity index (χ0v) is 13.5. The molecule has 1 aromatic carbocycles. The van der Waals surface area contributed by atoms with Gasteiger partial charge in [-0.1, -0.05) is 39.0 Å². The van der Waals surface area contributed by atoms with E-state index in [2.05, 4.69) is 5.32 Å². The van der Waals surface area contributed by atoms with Gasteiger partial charge < -0.3 is 16.8 Å². The first-order valence-corrected chi connectivity index (χ1v) is 6.64. The van der Waals surface area contributed by atoms with Crippen LogP contribution in [0.5, 0.6) is 0 Å². The number of carbonyl (C=O) groups is 2. The fourth-order valence-corrected chi connectivity index (χ4v) is 1.96. The lowest BCUT2D eigenvalue weighted by Crippen LogP contribution is -2.52. The van der Waals surface area contributed by atoms with Gasteiger partial charge in [-0.25, -0.2) is 0 Å². The second-order valence-corrected chi connectivity index (χ2v) is 5.97. The molecule has 0 fully saturated rings. The second-order valence-electron chi connectivity index (χ2n) is 5.97. The number of primary amides is 1. The van der Waals surface area contributed by atoms with E-state index in [1.165, 1.54) is 0 Å². The molecule has 0 bridgehead atoms. The SMILES string of the molecule is CC(C)(C)C(NC(=O)CCc1ccccc1N)C(N)=O.Cl. The Morgan fingerprint density at radius 3 is 2.29 bits per heavy atom. The highest BCUT2D eigenvalue weighted by atomic mass is 35.5. The summed E-state index contributed by atoms with van der Waals surface area (Å²) in [7, 11) is 0. The Labute approximate surface area is 131 Å². The molecule has 21 heavy (non-hydrogen) atoms. The smallest absolute Gasteiger partial charge is 0.240 e. The van der Waals surface area contributed by atoms with Crippen molar-refractivity contribution >= 4 is 29.9 Å². The number of nitrogen functional groups attached to an aromatic ring is 1. The van der Waals surface area contributed by atoms with E-state index in [9.17, 15) is 9.59 Å². The molecule has 118 valence electrons. The number of hydrogen-bond acceptors (Lipinski definition) is 3. The van der Waals surface area contributed by atoms with E-state index in [0.29, 0.717) is 12.1 Å². The molecule has 1 aromatic rings. The minimum Gasteiger partial charge on any atom is -0.399 e. The number of nitrogens with one attached hydrogen (secondary N) is 1. The molecular weight excluding hydrogens is 290 g/mol. The molecular formula is C15H24ClN3O2. The normalized spacial score (nSPS) is 12.1. The van der Waals surface area contributed by atoms with Gasteiger partial charge in [-0.15, -0.1) is 12.4 Å². The maximum Gasteiger partial charge on any atom is 0.240 e. The summed E-state index contributed by atoms with van der Waals surface area (Å²) in [6.07, 6.45) is 0.808. The summed E-state index contributed by atoms with van der Waals surface area (Å²) >= 11 is 0. The summed E-state index contributed by atoms with van der Waals surface area (Å²) in [5, 5.41) is 2.69. The van der Waals surface area contributed by atoms with Gasteiger partial charge in [0.15, 0.2) is 0 Å². The molecule has 5 N–H and O–H groups in total. The fraction of sp³-hybridized carbons (Fsp3) is 0.467. The van der Waals surface area contributed by atoms with Gasteiger partial charge in [-0.05, 0) is 23.5 Å². The van der Waals surface area contributed by atoms with E-state index >= 15 is 0 Å². The van der Waals surface area contributed by atoms with E-state index in [1.807, 2.05) is 39.0 Å². The van der Waals surface area contributed by atoms with Gasteiger partial charge in [-0.2, -0.15) is 0 Å². The van der Waals surface area contributed by atoms with Crippen LogP contribution in [0.1, 0.15) is 32.8 Å². The van der Waals surface area contributed by atoms with E-state index in [0.717, 1.165) is 5.56 Å². The molecule has 1 rings (SSSR count). The van der Waals surface area contributed by atoms with Crippen LogP contribution in [0, 0.1) is 5.41 Å². The minimum atomic E-state index is -0.678. The molecule has 0 aliphatic rings. The van der Waals surface area contributed by atoms with Gasteiger partial charge in [0.05, 0.1) is 0 Å². The molecule has 0 aliphatic carbocycles. The molecule has 2 amide bonds. The number of hydrogen-bond donors (Lipinski definition) is 3. The Balaban J connectivity index is 0.00000400. The number of rotatable bonds is 5. The summed E-state index contributed by atoms with van der Waals surface area (Å²) < 4.78 is 0. The lowest BCUT2D eigenvalue weighted by Gasteiger charge is -2.28. The summed E-state index contributed by atoms with van der Waals surface area (Å²) in [4.78, 5) is 23.3. The summed E-state index contributed by atoms with van der Waals surface area (Å²) in [5.74, 6) is -0.725. The topological polar surface area (TPSA) is 98.2 Å². The fourth-order valence-electron chi connectivity index (χ4n) is 1.96. The third-order valence-electron chi connectivity index (χ3n) is 3.13. The minimum absolute atomic E-state index is 0. The Kier molecular flexibility index (Phi) is 7.22. The number of anilines is 1. The quantitative estimate of drug-likeness (QED) is 0.721. The van der Waals surface area contributed by atoms with Crippen molar-refractivity contribution in [2.24, 2.45) is 11.1 Å². The van der Waals surface area contributed by atoms with Crippen molar-refractivity contribution in [2.75, 3.05) is 5.73 Å². The van der Waals surface area contributed by atoms with Crippen LogP contribution >= 0.6 is 12.4 Å². The van der Waals surface area contributed by atoms with Gasteiger partial charge in [-0.3, -0.25) is 9.59 Å². The second kappa shape index (κ2) is 7.88. The zero-order chi connectivity index (χ0) is 15.3. The van der Waals surface area contributed by atoms with Crippen LogP contribution in [0.3, 0.4) is 0 Å². The van der Waals surface area contributed by atoms with Gasteiger partial charge in [0.1, 0.15) is 6.04 Å². The highest BCUT2D eigenvalue weighted by Gasteiger charge is 2.30. The van der Waals surface area contributed by atoms with Crippen molar-refractivity contribution in [3.05, 3.63) is 29.8 Å². The van der Waals surface area contributed by atoms with Crippen molar-refractivity contribution in [2.45, 2.75) is 39.7 Å². The first-order chi connectivity index (χ1) is 9.21. The molecule has 0 saturated heterocycles. The Hall–Kier alpha value is -1.75. The monoisotopic (exact) mass is 313 g/mol. The van der Waals surface area contributed by atoms with Crippen LogP contribution < -0.4 is 16.8 Å². The van der Waals surface area contributed by atoms with Crippen LogP contribution in [-0.2, 0) is 16.0 Å². The number of carbonyl (C=O) groups excluding carboxylic acids is 2. The van der Waals surface area contributed by atoms with Crippen molar-refractivity contribution in [3.63, 3.8) is 0 Å². The molecule has 0 radical (unpaired) electrons. The van der Waals surface area contributed by atoms with E-state index in [1.54, 1.807) is 6.07 Å². The highest BCUT2D eigenvalue weighted by Crippen LogP contribution is 2.19. The average molecular weight is 314 g/mol. The predicted octanol–water partition coefficient (Wildman–Crippen LogP) is 1.64. The Morgan fingerprint density at radius 2 is 1.81 bits per heavy atom. The number of nitrogens with two attached hydrogens (primary N) is 2. The number of para-hydroxylation sites is 1. The zero-order valence-electron chi connectivity index (χ0n) is 12.7. The summed E-state index contributed by atoms with van der Waals surface area (Å²) in [6.45, 7) is 5.58.